The molecule has 1 saturated heterocycles. The average Bonchev–Trinajstić information content (AvgIpc) is 3.58. The second kappa shape index (κ2) is 11.2. The second-order valence-electron chi connectivity index (χ2n) is 13.5. The van der Waals surface area contributed by atoms with Crippen LogP contribution in [-0.4, -0.2) is 76.5 Å². The molecule has 4 aliphatic rings. The number of carbonyl (C=O) groups is 5. The van der Waals surface area contributed by atoms with E-state index in [1.54, 1.807) is 40.7 Å². The highest BCUT2D eigenvalue weighted by Crippen LogP contribution is 2.67. The Morgan fingerprint density at radius 3 is 2.56 bits per heavy atom. The molecular formula is C33H40O12. The van der Waals surface area contributed by atoms with E-state index in [0.29, 0.717) is 12.0 Å². The standard InChI is InChI=1S/C33H40O12/c1-7-17(2)26(38)29(39)44-28-27(43-16-34)25(30(4)10-8-23(36)45-31(5)15-42-24(37)13-21(30)31)18(3)33(40)22(35)12-20(32(28,33)6)19-9-11-41-14-19/h8-11,14,16-17,20-21,25-28,38,40H,3,7,12-13,15H2,1-2,4-6H3/t17-,20+,21-,25-,26-,27-,28+,30+,31-,32-,33-/m1/s1. The number of carbonyl (C=O) groups excluding carboxylic acids is 5. The van der Waals surface area contributed by atoms with Crippen LogP contribution in [0.4, 0.5) is 0 Å². The number of cyclic esters (lactones) is 1. The molecule has 3 fully saturated rings. The molecule has 244 valence electrons. The predicted molar refractivity (Wildman–Crippen MR) is 154 cm³/mol. The van der Waals surface area contributed by atoms with Crippen molar-refractivity contribution in [3.63, 3.8) is 0 Å². The Morgan fingerprint density at radius 1 is 1.22 bits per heavy atom. The third kappa shape index (κ3) is 4.67. The van der Waals surface area contributed by atoms with Gasteiger partial charge in [-0.05, 0) is 30.0 Å². The summed E-state index contributed by atoms with van der Waals surface area (Å²) in [6, 6.07) is 1.63. The van der Waals surface area contributed by atoms with Gasteiger partial charge in [0.05, 0.1) is 24.4 Å². The van der Waals surface area contributed by atoms with Crippen LogP contribution in [0.5, 0.6) is 0 Å². The Hall–Kier alpha value is -3.77. The first-order valence-corrected chi connectivity index (χ1v) is 15.1. The van der Waals surface area contributed by atoms with E-state index in [2.05, 4.69) is 6.58 Å². The Balaban J connectivity index is 1.75. The van der Waals surface area contributed by atoms with Gasteiger partial charge in [-0.25, -0.2) is 9.59 Å². The van der Waals surface area contributed by atoms with Gasteiger partial charge in [-0.3, -0.25) is 14.4 Å². The van der Waals surface area contributed by atoms with Gasteiger partial charge in [-0.2, -0.15) is 0 Å². The molecule has 0 aromatic carbocycles. The molecule has 1 aromatic rings. The summed E-state index contributed by atoms with van der Waals surface area (Å²) in [4.78, 5) is 65.4. The molecule has 0 radical (unpaired) electrons. The highest BCUT2D eigenvalue weighted by Gasteiger charge is 2.76. The molecule has 0 spiro atoms. The molecule has 0 amide bonds. The van der Waals surface area contributed by atoms with E-state index in [9.17, 15) is 34.2 Å². The molecule has 0 unspecified atom stereocenters. The molecular weight excluding hydrogens is 588 g/mol. The number of aliphatic hydroxyl groups is 2. The van der Waals surface area contributed by atoms with E-state index in [1.165, 1.54) is 24.7 Å². The van der Waals surface area contributed by atoms with Gasteiger partial charge in [0.25, 0.3) is 6.47 Å². The van der Waals surface area contributed by atoms with Crippen molar-refractivity contribution >= 4 is 30.2 Å². The van der Waals surface area contributed by atoms with Crippen molar-refractivity contribution in [1.82, 2.24) is 0 Å². The summed E-state index contributed by atoms with van der Waals surface area (Å²) in [6.45, 7) is 12.5. The van der Waals surface area contributed by atoms with Crippen molar-refractivity contribution in [2.75, 3.05) is 6.61 Å². The fraction of sp³-hybridized carbons (Fsp3) is 0.606. The van der Waals surface area contributed by atoms with Crippen molar-refractivity contribution in [3.05, 3.63) is 48.5 Å². The number of fused-ring (bicyclic) bond motifs is 2. The SMILES string of the molecule is C=C1[C@@H]([C@@]2(C)C=CC(=O)O[C@]3(C)COC(=O)C[C@H]23)[C@@H](OC=O)[C@H](OC(=O)[C@H](O)[C@H](C)CC)[C@@]2(C)[C@H](c3ccoc3)CC(=O)[C@]12O. The maximum atomic E-state index is 14.1. The topological polar surface area (TPSA) is 176 Å². The predicted octanol–water partition coefficient (Wildman–Crippen LogP) is 2.56. The molecule has 45 heavy (non-hydrogen) atoms. The van der Waals surface area contributed by atoms with Crippen LogP contribution in [0.2, 0.25) is 0 Å². The number of Topliss-reactive ketones (excluding diaryl/α,β-unsaturated/α-hetero) is 1. The number of ketones is 1. The van der Waals surface area contributed by atoms with Crippen molar-refractivity contribution in [1.29, 1.82) is 0 Å². The quantitative estimate of drug-likeness (QED) is 0.187. The van der Waals surface area contributed by atoms with E-state index in [1.807, 2.05) is 0 Å². The molecule has 12 heteroatoms. The molecule has 2 N–H and O–H groups in total. The van der Waals surface area contributed by atoms with Crippen molar-refractivity contribution in [2.24, 2.45) is 28.6 Å². The van der Waals surface area contributed by atoms with Crippen LogP contribution in [0.15, 0.2) is 47.3 Å². The first-order valence-electron chi connectivity index (χ1n) is 15.1. The normalized spacial score (nSPS) is 40.7. The molecule has 12 nitrogen and oxygen atoms in total. The van der Waals surface area contributed by atoms with E-state index in [4.69, 9.17) is 23.4 Å². The summed E-state index contributed by atoms with van der Waals surface area (Å²) in [5.41, 5.74) is -6.25. The summed E-state index contributed by atoms with van der Waals surface area (Å²) < 4.78 is 28.2. The van der Waals surface area contributed by atoms with Crippen LogP contribution in [0, 0.1) is 28.6 Å². The summed E-state index contributed by atoms with van der Waals surface area (Å²) in [5.74, 6) is -6.22. The Morgan fingerprint density at radius 2 is 1.93 bits per heavy atom. The number of aliphatic hydroxyl groups excluding tert-OH is 1. The molecule has 3 heterocycles. The Bertz CT molecular complexity index is 1430. The van der Waals surface area contributed by atoms with E-state index >= 15 is 0 Å². The van der Waals surface area contributed by atoms with Crippen LogP contribution < -0.4 is 0 Å². The molecule has 0 bridgehead atoms. The zero-order valence-corrected chi connectivity index (χ0v) is 26.0. The van der Waals surface area contributed by atoms with E-state index < -0.39 is 87.7 Å². The molecule has 1 aromatic heterocycles. The maximum absolute atomic E-state index is 14.1. The lowest BCUT2D eigenvalue weighted by Crippen LogP contribution is -2.70. The number of furan rings is 1. The van der Waals surface area contributed by atoms with Crippen LogP contribution in [0.3, 0.4) is 0 Å². The summed E-state index contributed by atoms with van der Waals surface area (Å²) >= 11 is 0. The third-order valence-corrected chi connectivity index (χ3v) is 11.1. The molecule has 2 aliphatic carbocycles. The summed E-state index contributed by atoms with van der Waals surface area (Å²) in [5, 5.41) is 23.6. The first-order chi connectivity index (χ1) is 21.1. The molecule has 2 aliphatic heterocycles. The van der Waals surface area contributed by atoms with E-state index in [0.717, 1.165) is 0 Å². The fourth-order valence-electron chi connectivity index (χ4n) is 8.38. The van der Waals surface area contributed by atoms with Gasteiger partial charge < -0.3 is 33.6 Å². The number of rotatable bonds is 8. The summed E-state index contributed by atoms with van der Waals surface area (Å²) in [7, 11) is 0. The minimum atomic E-state index is -2.35. The number of ether oxygens (including phenoxy) is 4. The summed E-state index contributed by atoms with van der Waals surface area (Å²) in [6.07, 6.45) is 1.05. The Kier molecular flexibility index (Phi) is 8.14. The lowest BCUT2D eigenvalue weighted by Gasteiger charge is -2.60. The van der Waals surface area contributed by atoms with Crippen molar-refractivity contribution in [3.8, 4) is 0 Å². The number of hydrogen-bond donors (Lipinski definition) is 2. The van der Waals surface area contributed by atoms with Gasteiger partial charge in [0.1, 0.15) is 24.4 Å². The minimum absolute atomic E-state index is 0.0367. The smallest absolute Gasteiger partial charge is 0.335 e. The monoisotopic (exact) mass is 628 g/mol. The van der Waals surface area contributed by atoms with Gasteiger partial charge in [-0.1, -0.05) is 46.8 Å². The number of hydrogen-bond acceptors (Lipinski definition) is 12. The zero-order valence-electron chi connectivity index (χ0n) is 26.0. The maximum Gasteiger partial charge on any atom is 0.335 e. The highest BCUT2D eigenvalue weighted by atomic mass is 16.6. The van der Waals surface area contributed by atoms with E-state index in [-0.39, 0.29) is 31.5 Å². The second-order valence-corrected chi connectivity index (χ2v) is 13.5. The van der Waals surface area contributed by atoms with Crippen LogP contribution >= 0.6 is 0 Å². The van der Waals surface area contributed by atoms with Gasteiger partial charge in [0.2, 0.25) is 0 Å². The van der Waals surface area contributed by atoms with Crippen molar-refractivity contribution in [2.45, 2.75) is 89.3 Å². The minimum Gasteiger partial charge on any atom is -0.472 e. The highest BCUT2D eigenvalue weighted by molar-refractivity contribution is 5.96. The largest absolute Gasteiger partial charge is 0.472 e. The first kappa shape index (κ1) is 32.6. The van der Waals surface area contributed by atoms with Gasteiger partial charge in [-0.15, -0.1) is 0 Å². The van der Waals surface area contributed by atoms with Gasteiger partial charge >= 0.3 is 17.9 Å². The third-order valence-electron chi connectivity index (χ3n) is 11.1. The number of esters is 3. The van der Waals surface area contributed by atoms with Crippen LogP contribution in [-0.2, 0) is 42.9 Å². The zero-order chi connectivity index (χ0) is 33.1. The van der Waals surface area contributed by atoms with Gasteiger partial charge in [0.15, 0.2) is 17.5 Å². The molecule has 5 rings (SSSR count). The molecule has 11 atom stereocenters. The molecule has 2 saturated carbocycles. The van der Waals surface area contributed by atoms with Crippen molar-refractivity contribution < 1.29 is 57.6 Å². The van der Waals surface area contributed by atoms with Crippen LogP contribution in [0.1, 0.15) is 65.4 Å². The number of allylic oxidation sites excluding steroid dienone is 1. The average molecular weight is 629 g/mol. The lowest BCUT2D eigenvalue weighted by molar-refractivity contribution is -0.231. The lowest BCUT2D eigenvalue weighted by atomic mass is 9.47. The van der Waals surface area contributed by atoms with Crippen LogP contribution in [0.25, 0.3) is 0 Å². The Labute approximate surface area is 260 Å². The van der Waals surface area contributed by atoms with Gasteiger partial charge in [0, 0.05) is 35.7 Å². The fourth-order valence-corrected chi connectivity index (χ4v) is 8.38.